The Morgan fingerprint density at radius 2 is 2.20 bits per heavy atom. The summed E-state index contributed by atoms with van der Waals surface area (Å²) in [7, 11) is 2.01. The minimum Gasteiger partial charge on any atom is -0.271 e. The second kappa shape index (κ2) is 4.10. The summed E-state index contributed by atoms with van der Waals surface area (Å²) in [6.45, 7) is 2.03. The second-order valence-corrected chi connectivity index (χ2v) is 5.69. The Labute approximate surface area is 104 Å². The van der Waals surface area contributed by atoms with E-state index in [1.807, 2.05) is 18.7 Å². The zero-order chi connectivity index (χ0) is 11.1. The van der Waals surface area contributed by atoms with Gasteiger partial charge in [-0.2, -0.15) is 5.10 Å². The van der Waals surface area contributed by atoms with E-state index in [2.05, 4.69) is 21.0 Å². The predicted molar refractivity (Wildman–Crippen MR) is 66.4 cm³/mol. The summed E-state index contributed by atoms with van der Waals surface area (Å²) in [4.78, 5) is 0. The number of aromatic nitrogens is 2. The SMILES string of the molecule is Cc1nn(C)c(CC2(CCl)CCC2)c1Br. The van der Waals surface area contributed by atoms with Crippen molar-refractivity contribution < 1.29 is 0 Å². The lowest BCUT2D eigenvalue weighted by Crippen LogP contribution is -2.34. The Hall–Kier alpha value is -0.0200. The van der Waals surface area contributed by atoms with E-state index in [1.165, 1.54) is 25.0 Å². The first-order valence-corrected chi connectivity index (χ1v) is 6.65. The number of halogens is 2. The number of aryl methyl sites for hydroxylation is 2. The first kappa shape index (κ1) is 11.5. The van der Waals surface area contributed by atoms with E-state index in [4.69, 9.17) is 11.6 Å². The first-order chi connectivity index (χ1) is 7.08. The van der Waals surface area contributed by atoms with Gasteiger partial charge in [0.1, 0.15) is 0 Å². The van der Waals surface area contributed by atoms with Crippen LogP contribution in [-0.4, -0.2) is 15.7 Å². The molecule has 0 aliphatic heterocycles. The number of nitrogens with zero attached hydrogens (tertiary/aromatic N) is 2. The van der Waals surface area contributed by atoms with Gasteiger partial charge in [-0.15, -0.1) is 11.6 Å². The standard InChI is InChI=1S/C11H16BrClN2/c1-8-10(12)9(15(2)14-8)6-11(7-13)4-3-5-11/h3-7H2,1-2H3. The molecule has 0 saturated heterocycles. The molecule has 1 aromatic heterocycles. The minimum absolute atomic E-state index is 0.338. The van der Waals surface area contributed by atoms with Gasteiger partial charge >= 0.3 is 0 Å². The lowest BCUT2D eigenvalue weighted by atomic mass is 9.67. The number of hydrogen-bond acceptors (Lipinski definition) is 1. The van der Waals surface area contributed by atoms with Crippen LogP contribution < -0.4 is 0 Å². The average Bonchev–Trinajstić information content (AvgIpc) is 2.37. The largest absolute Gasteiger partial charge is 0.271 e. The molecule has 0 amide bonds. The predicted octanol–water partition coefficient (Wildman–Crippen LogP) is 3.44. The molecule has 1 fully saturated rings. The summed E-state index contributed by atoms with van der Waals surface area (Å²) in [5.74, 6) is 0.768. The highest BCUT2D eigenvalue weighted by Crippen LogP contribution is 2.45. The van der Waals surface area contributed by atoms with Crippen LogP contribution in [-0.2, 0) is 13.5 Å². The van der Waals surface area contributed by atoms with E-state index in [-0.39, 0.29) is 0 Å². The third kappa shape index (κ3) is 1.96. The minimum atomic E-state index is 0.338. The maximum atomic E-state index is 6.08. The van der Waals surface area contributed by atoms with Gasteiger partial charge in [0.2, 0.25) is 0 Å². The summed E-state index contributed by atoms with van der Waals surface area (Å²) < 4.78 is 3.13. The van der Waals surface area contributed by atoms with Crippen LogP contribution in [0.25, 0.3) is 0 Å². The molecule has 0 bridgehead atoms. The molecule has 0 spiro atoms. The van der Waals surface area contributed by atoms with Crippen molar-refractivity contribution in [2.24, 2.45) is 12.5 Å². The molecule has 1 aliphatic rings. The van der Waals surface area contributed by atoms with Crippen molar-refractivity contribution in [3.05, 3.63) is 15.9 Å². The number of alkyl halides is 1. The first-order valence-electron chi connectivity index (χ1n) is 5.32. The molecule has 4 heteroatoms. The van der Waals surface area contributed by atoms with Crippen molar-refractivity contribution in [3.8, 4) is 0 Å². The molecule has 0 radical (unpaired) electrons. The van der Waals surface area contributed by atoms with Gasteiger partial charge in [0.05, 0.1) is 15.9 Å². The topological polar surface area (TPSA) is 17.8 Å². The summed E-state index contributed by atoms with van der Waals surface area (Å²) in [6.07, 6.45) is 4.88. The van der Waals surface area contributed by atoms with Crippen molar-refractivity contribution in [1.82, 2.24) is 9.78 Å². The van der Waals surface area contributed by atoms with E-state index in [1.54, 1.807) is 0 Å². The summed E-state index contributed by atoms with van der Waals surface area (Å²) in [6, 6.07) is 0. The molecule has 1 saturated carbocycles. The van der Waals surface area contributed by atoms with Crippen LogP contribution in [0, 0.1) is 12.3 Å². The fourth-order valence-corrected chi connectivity index (χ4v) is 3.10. The van der Waals surface area contributed by atoms with Gasteiger partial charge in [-0.1, -0.05) is 6.42 Å². The zero-order valence-electron chi connectivity index (χ0n) is 9.19. The molecule has 0 unspecified atom stereocenters. The van der Waals surface area contributed by atoms with E-state index < -0.39 is 0 Å². The highest BCUT2D eigenvalue weighted by molar-refractivity contribution is 9.10. The molecule has 2 rings (SSSR count). The van der Waals surface area contributed by atoms with Crippen LogP contribution in [0.3, 0.4) is 0 Å². The lowest BCUT2D eigenvalue weighted by molar-refractivity contribution is 0.162. The Kier molecular flexibility index (Phi) is 3.13. The lowest BCUT2D eigenvalue weighted by Gasteiger charge is -2.40. The van der Waals surface area contributed by atoms with Gasteiger partial charge in [-0.3, -0.25) is 4.68 Å². The fraction of sp³-hybridized carbons (Fsp3) is 0.727. The van der Waals surface area contributed by atoms with Crippen LogP contribution in [0.4, 0.5) is 0 Å². The monoisotopic (exact) mass is 290 g/mol. The van der Waals surface area contributed by atoms with Gasteiger partial charge in [0.25, 0.3) is 0 Å². The Bertz CT molecular complexity index is 363. The molecule has 1 aromatic rings. The van der Waals surface area contributed by atoms with Gasteiger partial charge in [-0.25, -0.2) is 0 Å². The summed E-state index contributed by atoms with van der Waals surface area (Å²) in [5, 5.41) is 4.41. The third-order valence-corrected chi connectivity index (χ3v) is 5.10. The van der Waals surface area contributed by atoms with Crippen molar-refractivity contribution in [1.29, 1.82) is 0 Å². The molecule has 15 heavy (non-hydrogen) atoms. The van der Waals surface area contributed by atoms with Crippen LogP contribution >= 0.6 is 27.5 Å². The Balaban J connectivity index is 2.23. The van der Waals surface area contributed by atoms with Crippen molar-refractivity contribution >= 4 is 27.5 Å². The van der Waals surface area contributed by atoms with E-state index in [9.17, 15) is 0 Å². The Morgan fingerprint density at radius 3 is 2.53 bits per heavy atom. The number of hydrogen-bond donors (Lipinski definition) is 0. The highest BCUT2D eigenvalue weighted by atomic mass is 79.9. The molecule has 84 valence electrons. The molecule has 0 aromatic carbocycles. The molecule has 2 nitrogen and oxygen atoms in total. The van der Waals surface area contributed by atoms with Crippen molar-refractivity contribution in [2.75, 3.05) is 5.88 Å². The van der Waals surface area contributed by atoms with E-state index in [0.717, 1.165) is 22.5 Å². The van der Waals surface area contributed by atoms with Crippen LogP contribution in [0.15, 0.2) is 4.47 Å². The van der Waals surface area contributed by atoms with Crippen LogP contribution in [0.2, 0.25) is 0 Å². The van der Waals surface area contributed by atoms with E-state index in [0.29, 0.717) is 5.41 Å². The van der Waals surface area contributed by atoms with Crippen molar-refractivity contribution in [2.45, 2.75) is 32.6 Å². The van der Waals surface area contributed by atoms with Crippen LogP contribution in [0.5, 0.6) is 0 Å². The van der Waals surface area contributed by atoms with Crippen molar-refractivity contribution in [3.63, 3.8) is 0 Å². The third-order valence-electron chi connectivity index (χ3n) is 3.50. The normalized spacial score (nSPS) is 18.9. The molecular formula is C11H16BrClN2. The maximum Gasteiger partial charge on any atom is 0.0738 e. The average molecular weight is 292 g/mol. The quantitative estimate of drug-likeness (QED) is 0.780. The molecule has 1 heterocycles. The summed E-state index contributed by atoms with van der Waals surface area (Å²) >= 11 is 9.69. The van der Waals surface area contributed by atoms with Gasteiger partial charge in [0, 0.05) is 12.9 Å². The molecule has 0 N–H and O–H groups in total. The van der Waals surface area contributed by atoms with E-state index >= 15 is 0 Å². The smallest absolute Gasteiger partial charge is 0.0738 e. The Morgan fingerprint density at radius 1 is 1.53 bits per heavy atom. The van der Waals surface area contributed by atoms with Gasteiger partial charge in [0.15, 0.2) is 0 Å². The second-order valence-electron chi connectivity index (χ2n) is 4.63. The van der Waals surface area contributed by atoms with Gasteiger partial charge in [-0.05, 0) is 47.5 Å². The summed E-state index contributed by atoms with van der Waals surface area (Å²) in [5.41, 5.74) is 2.69. The maximum absolute atomic E-state index is 6.08. The molecular weight excluding hydrogens is 275 g/mol. The highest BCUT2D eigenvalue weighted by Gasteiger charge is 2.37. The zero-order valence-corrected chi connectivity index (χ0v) is 11.5. The fourth-order valence-electron chi connectivity index (χ4n) is 2.26. The van der Waals surface area contributed by atoms with Gasteiger partial charge < -0.3 is 0 Å². The molecule has 0 atom stereocenters. The van der Waals surface area contributed by atoms with Crippen LogP contribution in [0.1, 0.15) is 30.7 Å². The number of rotatable bonds is 3. The molecule has 1 aliphatic carbocycles.